The fourth-order valence-electron chi connectivity index (χ4n) is 6.47. The van der Waals surface area contributed by atoms with Crippen LogP contribution in [-0.2, 0) is 0 Å². The summed E-state index contributed by atoms with van der Waals surface area (Å²) in [5, 5.41) is 22.1. The van der Waals surface area contributed by atoms with Crippen molar-refractivity contribution in [3.8, 4) is 0 Å². The molecule has 3 rings (SSSR count). The van der Waals surface area contributed by atoms with Crippen LogP contribution in [0, 0.1) is 35.0 Å². The van der Waals surface area contributed by atoms with Crippen LogP contribution in [0.3, 0.4) is 0 Å². The zero-order chi connectivity index (χ0) is 19.9. The van der Waals surface area contributed by atoms with Crippen molar-refractivity contribution < 1.29 is 10.2 Å². The molecule has 0 spiro atoms. The van der Waals surface area contributed by atoms with E-state index < -0.39 is 6.10 Å². The summed E-state index contributed by atoms with van der Waals surface area (Å²) in [4.78, 5) is 0. The van der Waals surface area contributed by atoms with E-state index in [9.17, 15) is 10.2 Å². The van der Waals surface area contributed by atoms with Crippen LogP contribution in [0.1, 0.15) is 73.1 Å². The first kappa shape index (κ1) is 20.9. The molecular weight excluding hydrogens is 332 g/mol. The molecule has 0 heterocycles. The first-order chi connectivity index (χ1) is 12.6. The molecule has 0 bridgehead atoms. The third-order valence-corrected chi connectivity index (χ3v) is 8.21. The molecule has 0 radical (unpaired) electrons. The van der Waals surface area contributed by atoms with Crippen LogP contribution in [0.2, 0.25) is 0 Å². The van der Waals surface area contributed by atoms with E-state index in [0.717, 1.165) is 25.7 Å². The summed E-state index contributed by atoms with van der Waals surface area (Å²) in [6.45, 7) is 15.5. The molecule has 0 aromatic carbocycles. The maximum absolute atomic E-state index is 11.2. The molecule has 152 valence electrons. The molecule has 2 fully saturated rings. The number of allylic oxidation sites excluding steroid dienone is 4. The average molecular weight is 373 g/mol. The normalized spacial score (nSPS) is 47.3. The number of hydrogen-bond donors (Lipinski definition) is 2. The largest absolute Gasteiger partial charge is 0.393 e. The Bertz CT molecular complexity index is 628. The molecule has 0 amide bonds. The van der Waals surface area contributed by atoms with E-state index in [1.165, 1.54) is 23.1 Å². The van der Waals surface area contributed by atoms with Crippen LogP contribution >= 0.6 is 0 Å². The molecule has 0 saturated heterocycles. The molecule has 0 unspecified atom stereocenters. The van der Waals surface area contributed by atoms with Gasteiger partial charge in [-0.25, -0.2) is 0 Å². The molecule has 7 atom stereocenters. The third-order valence-electron chi connectivity index (χ3n) is 8.21. The van der Waals surface area contributed by atoms with Crippen molar-refractivity contribution in [1.29, 1.82) is 0 Å². The van der Waals surface area contributed by atoms with Gasteiger partial charge in [-0.1, -0.05) is 56.2 Å². The minimum Gasteiger partial charge on any atom is -0.393 e. The predicted octanol–water partition coefficient (Wildman–Crippen LogP) is 5.67. The Labute approximate surface area is 166 Å². The van der Waals surface area contributed by atoms with Gasteiger partial charge in [-0.3, -0.25) is 0 Å². The minimum absolute atomic E-state index is 0.250. The van der Waals surface area contributed by atoms with Crippen LogP contribution in [0.4, 0.5) is 0 Å². The average Bonchev–Trinajstić information content (AvgIpc) is 3.07. The van der Waals surface area contributed by atoms with Crippen LogP contribution < -0.4 is 0 Å². The van der Waals surface area contributed by atoms with Gasteiger partial charge in [-0.05, 0) is 82.0 Å². The number of aliphatic hydroxyl groups excluding tert-OH is 2. The van der Waals surface area contributed by atoms with E-state index in [1.54, 1.807) is 0 Å². The monoisotopic (exact) mass is 372 g/mol. The second-order valence-electron chi connectivity index (χ2n) is 10.3. The van der Waals surface area contributed by atoms with Crippen molar-refractivity contribution in [2.45, 2.75) is 85.4 Å². The summed E-state index contributed by atoms with van der Waals surface area (Å²) in [5.41, 5.74) is 3.94. The van der Waals surface area contributed by atoms with Crippen molar-refractivity contribution in [2.24, 2.45) is 35.0 Å². The van der Waals surface area contributed by atoms with Crippen LogP contribution in [0.15, 0.2) is 35.5 Å². The highest BCUT2D eigenvalue weighted by atomic mass is 16.3. The van der Waals surface area contributed by atoms with E-state index in [-0.39, 0.29) is 17.4 Å². The molecule has 0 aromatic heterocycles. The second-order valence-corrected chi connectivity index (χ2v) is 10.3. The summed E-state index contributed by atoms with van der Waals surface area (Å²) in [7, 11) is 0. The lowest BCUT2D eigenvalue weighted by Gasteiger charge is -2.38. The van der Waals surface area contributed by atoms with E-state index >= 15 is 0 Å². The molecule has 3 aliphatic carbocycles. The van der Waals surface area contributed by atoms with Crippen molar-refractivity contribution in [2.75, 3.05) is 0 Å². The molecule has 2 nitrogen and oxygen atoms in total. The SMILES string of the molecule is C=C1CC[C@H]2/C(C)=C\C[C@H]3[C@@H](C(C)C)[C@H](O)C[C@]3(C)[C@H](O)/C=C(/C)CC[C@@H]12. The summed E-state index contributed by atoms with van der Waals surface area (Å²) in [6, 6.07) is 0. The Hall–Kier alpha value is -0.860. The maximum atomic E-state index is 11.2. The standard InChI is InChI=1S/C25H40O2/c1-15(2)24-21-12-9-18(5)20-11-8-17(4)19(20)10-7-16(3)13-23(27)25(21,6)14-22(24)26/h9,13,15,19-24,26-27H,4,7-8,10-12,14H2,1-3,5-6H3/b16-13-,18-9-/t19-,20-,21-,22+,23+,24+,25-/m0/s1. The highest BCUT2D eigenvalue weighted by molar-refractivity contribution is 5.21. The number of aliphatic hydroxyl groups is 2. The Kier molecular flexibility index (Phi) is 6.08. The smallest absolute Gasteiger partial charge is 0.0780 e. The quantitative estimate of drug-likeness (QED) is 0.583. The van der Waals surface area contributed by atoms with Crippen LogP contribution in [0.25, 0.3) is 0 Å². The fourth-order valence-corrected chi connectivity index (χ4v) is 6.47. The lowest BCUT2D eigenvalue weighted by molar-refractivity contribution is 0.0285. The second kappa shape index (κ2) is 7.87. The summed E-state index contributed by atoms with van der Waals surface area (Å²) >= 11 is 0. The zero-order valence-corrected chi connectivity index (χ0v) is 18.0. The summed E-state index contributed by atoms with van der Waals surface area (Å²) < 4.78 is 0. The highest BCUT2D eigenvalue weighted by Gasteiger charge is 2.53. The van der Waals surface area contributed by atoms with Gasteiger partial charge in [0.15, 0.2) is 0 Å². The molecule has 27 heavy (non-hydrogen) atoms. The Morgan fingerprint density at radius 3 is 2.44 bits per heavy atom. The fraction of sp³-hybridized carbons (Fsp3) is 0.760. The maximum Gasteiger partial charge on any atom is 0.0780 e. The lowest BCUT2D eigenvalue weighted by atomic mass is 9.68. The topological polar surface area (TPSA) is 40.5 Å². The van der Waals surface area contributed by atoms with Gasteiger partial charge in [-0.2, -0.15) is 0 Å². The molecule has 2 saturated carbocycles. The lowest BCUT2D eigenvalue weighted by Crippen LogP contribution is -2.37. The first-order valence-electron chi connectivity index (χ1n) is 11.0. The van der Waals surface area contributed by atoms with Gasteiger partial charge >= 0.3 is 0 Å². The van der Waals surface area contributed by atoms with E-state index in [0.29, 0.717) is 30.1 Å². The van der Waals surface area contributed by atoms with Gasteiger partial charge in [-0.15, -0.1) is 0 Å². The molecule has 0 aliphatic heterocycles. The van der Waals surface area contributed by atoms with Crippen molar-refractivity contribution in [3.05, 3.63) is 35.5 Å². The van der Waals surface area contributed by atoms with Crippen molar-refractivity contribution >= 4 is 0 Å². The minimum atomic E-state index is -0.489. The molecule has 3 aliphatic rings. The van der Waals surface area contributed by atoms with E-state index in [1.807, 2.05) is 0 Å². The number of fused-ring (bicyclic) bond motifs is 2. The molecule has 2 N–H and O–H groups in total. The van der Waals surface area contributed by atoms with Gasteiger partial charge in [0.25, 0.3) is 0 Å². The van der Waals surface area contributed by atoms with E-state index in [4.69, 9.17) is 0 Å². The van der Waals surface area contributed by atoms with Gasteiger partial charge < -0.3 is 10.2 Å². The van der Waals surface area contributed by atoms with Crippen molar-refractivity contribution in [3.63, 3.8) is 0 Å². The van der Waals surface area contributed by atoms with Crippen molar-refractivity contribution in [1.82, 2.24) is 0 Å². The van der Waals surface area contributed by atoms with Gasteiger partial charge in [0.2, 0.25) is 0 Å². The summed E-state index contributed by atoms with van der Waals surface area (Å²) in [6.07, 6.45) is 9.93. The highest BCUT2D eigenvalue weighted by Crippen LogP contribution is 2.54. The number of hydrogen-bond acceptors (Lipinski definition) is 2. The Morgan fingerprint density at radius 2 is 1.78 bits per heavy atom. The van der Waals surface area contributed by atoms with Gasteiger partial charge in [0, 0.05) is 5.41 Å². The van der Waals surface area contributed by atoms with Gasteiger partial charge in [0.1, 0.15) is 0 Å². The van der Waals surface area contributed by atoms with Crippen LogP contribution in [0.5, 0.6) is 0 Å². The Morgan fingerprint density at radius 1 is 1.11 bits per heavy atom. The molecular formula is C25H40O2. The summed E-state index contributed by atoms with van der Waals surface area (Å²) in [5.74, 6) is 2.20. The van der Waals surface area contributed by atoms with Gasteiger partial charge in [0.05, 0.1) is 12.2 Å². The Balaban J connectivity index is 2.00. The number of rotatable bonds is 1. The third kappa shape index (κ3) is 3.85. The first-order valence-corrected chi connectivity index (χ1v) is 11.0. The van der Waals surface area contributed by atoms with E-state index in [2.05, 4.69) is 53.3 Å². The molecule has 0 aromatic rings. The molecule has 2 heteroatoms. The zero-order valence-electron chi connectivity index (χ0n) is 18.0. The predicted molar refractivity (Wildman–Crippen MR) is 113 cm³/mol. The van der Waals surface area contributed by atoms with Crippen LogP contribution in [-0.4, -0.2) is 22.4 Å².